The third-order valence-corrected chi connectivity index (χ3v) is 3.43. The monoisotopic (exact) mass is 261 g/mol. The van der Waals surface area contributed by atoms with E-state index >= 15 is 0 Å². The average molecular weight is 261 g/mol. The Morgan fingerprint density at radius 3 is 2.21 bits per heavy atom. The van der Waals surface area contributed by atoms with E-state index in [0.717, 1.165) is 23.2 Å². The van der Waals surface area contributed by atoms with Gasteiger partial charge in [-0.2, -0.15) is 0 Å². The van der Waals surface area contributed by atoms with E-state index in [-0.39, 0.29) is 11.6 Å². The number of anilines is 2. The van der Waals surface area contributed by atoms with Crippen molar-refractivity contribution in [3.63, 3.8) is 0 Å². The summed E-state index contributed by atoms with van der Waals surface area (Å²) in [6.07, 6.45) is 0.798. The van der Waals surface area contributed by atoms with Crippen LogP contribution in [0.4, 0.5) is 20.2 Å². The van der Waals surface area contributed by atoms with Crippen molar-refractivity contribution in [1.29, 1.82) is 0 Å². The average Bonchev–Trinajstić information content (AvgIpc) is 2.41. The van der Waals surface area contributed by atoms with Crippen LogP contribution in [0.25, 0.3) is 0 Å². The van der Waals surface area contributed by atoms with E-state index in [1.807, 2.05) is 19.9 Å². The van der Waals surface area contributed by atoms with E-state index in [1.165, 1.54) is 12.1 Å². The number of benzene rings is 2. The first-order chi connectivity index (χ1) is 9.02. The third kappa shape index (κ3) is 2.75. The minimum absolute atomic E-state index is 0.246. The maximum atomic E-state index is 13.9. The predicted molar refractivity (Wildman–Crippen MR) is 74.9 cm³/mol. The zero-order valence-electron chi connectivity index (χ0n) is 11.3. The number of hydrogen-bond donors (Lipinski definition) is 1. The molecule has 2 rings (SSSR count). The second kappa shape index (κ2) is 5.39. The minimum atomic E-state index is -0.291. The standard InChI is InChI=1S/C16H17F2N/c1-4-12-5-7-16(14(18)9-12)19-15-8-6-13(17)10(2)11(15)3/h5-9,19H,4H2,1-3H3. The second-order valence-corrected chi connectivity index (χ2v) is 4.64. The van der Waals surface area contributed by atoms with E-state index in [1.54, 1.807) is 19.1 Å². The molecule has 19 heavy (non-hydrogen) atoms. The van der Waals surface area contributed by atoms with Crippen LogP contribution in [0.2, 0.25) is 0 Å². The van der Waals surface area contributed by atoms with Gasteiger partial charge in [-0.05, 0) is 61.2 Å². The van der Waals surface area contributed by atoms with Crippen molar-refractivity contribution in [3.8, 4) is 0 Å². The van der Waals surface area contributed by atoms with E-state index in [4.69, 9.17) is 0 Å². The van der Waals surface area contributed by atoms with Gasteiger partial charge in [-0.1, -0.05) is 13.0 Å². The smallest absolute Gasteiger partial charge is 0.146 e. The van der Waals surface area contributed by atoms with Crippen LogP contribution in [0.5, 0.6) is 0 Å². The Hall–Kier alpha value is -1.90. The molecule has 0 aliphatic carbocycles. The number of hydrogen-bond acceptors (Lipinski definition) is 1. The van der Waals surface area contributed by atoms with Crippen molar-refractivity contribution >= 4 is 11.4 Å². The van der Waals surface area contributed by atoms with Crippen LogP contribution in [0.1, 0.15) is 23.6 Å². The van der Waals surface area contributed by atoms with Gasteiger partial charge in [0, 0.05) is 5.69 Å². The molecule has 0 bridgehead atoms. The maximum Gasteiger partial charge on any atom is 0.146 e. The zero-order chi connectivity index (χ0) is 14.0. The summed E-state index contributed by atoms with van der Waals surface area (Å²) < 4.78 is 27.3. The lowest BCUT2D eigenvalue weighted by atomic mass is 10.1. The number of halogens is 2. The normalized spacial score (nSPS) is 10.6. The first-order valence-corrected chi connectivity index (χ1v) is 6.34. The summed E-state index contributed by atoms with van der Waals surface area (Å²) >= 11 is 0. The summed E-state index contributed by atoms with van der Waals surface area (Å²) in [5.74, 6) is -0.536. The molecule has 1 nitrogen and oxygen atoms in total. The Kier molecular flexibility index (Phi) is 3.84. The first-order valence-electron chi connectivity index (χ1n) is 6.34. The van der Waals surface area contributed by atoms with Gasteiger partial charge >= 0.3 is 0 Å². The van der Waals surface area contributed by atoms with Gasteiger partial charge in [-0.15, -0.1) is 0 Å². The highest BCUT2D eigenvalue weighted by atomic mass is 19.1. The van der Waals surface area contributed by atoms with Crippen LogP contribution in [-0.2, 0) is 6.42 Å². The van der Waals surface area contributed by atoms with Gasteiger partial charge in [0.05, 0.1) is 5.69 Å². The molecule has 0 aliphatic heterocycles. The molecule has 0 heterocycles. The number of aryl methyl sites for hydroxylation is 1. The van der Waals surface area contributed by atoms with Crippen molar-refractivity contribution in [2.24, 2.45) is 0 Å². The molecule has 0 fully saturated rings. The van der Waals surface area contributed by atoms with Gasteiger partial charge < -0.3 is 5.32 Å². The maximum absolute atomic E-state index is 13.9. The van der Waals surface area contributed by atoms with E-state index in [9.17, 15) is 8.78 Å². The van der Waals surface area contributed by atoms with Crippen molar-refractivity contribution in [2.75, 3.05) is 5.32 Å². The molecule has 3 heteroatoms. The van der Waals surface area contributed by atoms with Gasteiger partial charge in [0.1, 0.15) is 11.6 Å². The summed E-state index contributed by atoms with van der Waals surface area (Å²) in [5, 5.41) is 3.02. The third-order valence-electron chi connectivity index (χ3n) is 3.43. The lowest BCUT2D eigenvalue weighted by Gasteiger charge is -2.13. The molecule has 0 spiro atoms. The lowest BCUT2D eigenvalue weighted by Crippen LogP contribution is -1.99. The van der Waals surface area contributed by atoms with Crippen LogP contribution >= 0.6 is 0 Å². The topological polar surface area (TPSA) is 12.0 Å². The van der Waals surface area contributed by atoms with Crippen molar-refractivity contribution in [1.82, 2.24) is 0 Å². The second-order valence-electron chi connectivity index (χ2n) is 4.64. The number of rotatable bonds is 3. The molecular weight excluding hydrogens is 244 g/mol. The van der Waals surface area contributed by atoms with E-state index < -0.39 is 0 Å². The molecule has 0 aromatic heterocycles. The van der Waals surface area contributed by atoms with E-state index in [2.05, 4.69) is 5.32 Å². The Bertz CT molecular complexity index is 606. The Morgan fingerprint density at radius 2 is 1.58 bits per heavy atom. The van der Waals surface area contributed by atoms with Gasteiger partial charge in [-0.25, -0.2) is 8.78 Å². The summed E-state index contributed by atoms with van der Waals surface area (Å²) in [7, 11) is 0. The Labute approximate surface area is 112 Å². The fraction of sp³-hybridized carbons (Fsp3) is 0.250. The molecule has 2 aromatic rings. The van der Waals surface area contributed by atoms with Crippen LogP contribution in [0, 0.1) is 25.5 Å². The van der Waals surface area contributed by atoms with Gasteiger partial charge in [0.2, 0.25) is 0 Å². The molecule has 0 amide bonds. The molecule has 100 valence electrons. The summed E-state index contributed by atoms with van der Waals surface area (Å²) in [4.78, 5) is 0. The summed E-state index contributed by atoms with van der Waals surface area (Å²) in [6.45, 7) is 5.51. The van der Waals surface area contributed by atoms with E-state index in [0.29, 0.717) is 11.3 Å². The van der Waals surface area contributed by atoms with Crippen molar-refractivity contribution in [2.45, 2.75) is 27.2 Å². The van der Waals surface area contributed by atoms with Gasteiger partial charge in [0.15, 0.2) is 0 Å². The molecule has 1 N–H and O–H groups in total. The van der Waals surface area contributed by atoms with Crippen LogP contribution in [0.3, 0.4) is 0 Å². The largest absolute Gasteiger partial charge is 0.353 e. The highest BCUT2D eigenvalue weighted by Gasteiger charge is 2.08. The zero-order valence-corrected chi connectivity index (χ0v) is 11.3. The molecule has 0 saturated heterocycles. The van der Waals surface area contributed by atoms with Crippen molar-refractivity contribution < 1.29 is 8.78 Å². The molecule has 0 aliphatic rings. The minimum Gasteiger partial charge on any atom is -0.353 e. The predicted octanol–water partition coefficient (Wildman–Crippen LogP) is 4.89. The Morgan fingerprint density at radius 1 is 0.895 bits per heavy atom. The highest BCUT2D eigenvalue weighted by Crippen LogP contribution is 2.26. The lowest BCUT2D eigenvalue weighted by molar-refractivity contribution is 0.617. The van der Waals surface area contributed by atoms with Crippen LogP contribution < -0.4 is 5.32 Å². The molecule has 2 aromatic carbocycles. The summed E-state index contributed by atoms with van der Waals surface area (Å²) in [5.41, 5.74) is 3.46. The fourth-order valence-corrected chi connectivity index (χ4v) is 1.95. The molecule has 0 unspecified atom stereocenters. The summed E-state index contributed by atoms with van der Waals surface area (Å²) in [6, 6.07) is 8.14. The van der Waals surface area contributed by atoms with Crippen LogP contribution in [-0.4, -0.2) is 0 Å². The SMILES string of the molecule is CCc1ccc(Nc2ccc(F)c(C)c2C)c(F)c1. The molecule has 0 atom stereocenters. The highest BCUT2D eigenvalue weighted by molar-refractivity contribution is 5.65. The molecule has 0 radical (unpaired) electrons. The quantitative estimate of drug-likeness (QED) is 0.829. The van der Waals surface area contributed by atoms with Crippen molar-refractivity contribution in [3.05, 3.63) is 58.7 Å². The number of nitrogens with one attached hydrogen (secondary N) is 1. The fourth-order valence-electron chi connectivity index (χ4n) is 1.95. The molecular formula is C16H17F2N. The Balaban J connectivity index is 2.34. The molecule has 0 saturated carbocycles. The first kappa shape index (κ1) is 13.5. The van der Waals surface area contributed by atoms with Gasteiger partial charge in [-0.3, -0.25) is 0 Å². The van der Waals surface area contributed by atoms with Crippen LogP contribution in [0.15, 0.2) is 30.3 Å². The van der Waals surface area contributed by atoms with Gasteiger partial charge in [0.25, 0.3) is 0 Å².